The summed E-state index contributed by atoms with van der Waals surface area (Å²) in [7, 11) is 0. The number of aliphatic hydroxyl groups is 1. The number of aromatic nitrogens is 1. The second kappa shape index (κ2) is 6.84. The van der Waals surface area contributed by atoms with E-state index in [9.17, 15) is 4.79 Å². The third-order valence-electron chi connectivity index (χ3n) is 4.43. The minimum Gasteiger partial charge on any atom is -0.396 e. The van der Waals surface area contributed by atoms with Gasteiger partial charge in [-0.3, -0.25) is 4.79 Å². The molecule has 0 spiro atoms. The minimum absolute atomic E-state index is 0.156. The molecule has 25 heavy (non-hydrogen) atoms. The zero-order chi connectivity index (χ0) is 18.0. The van der Waals surface area contributed by atoms with Crippen LogP contribution in [0.3, 0.4) is 0 Å². The molecular formula is C20H25N3O2. The van der Waals surface area contributed by atoms with E-state index in [0.717, 1.165) is 47.1 Å². The van der Waals surface area contributed by atoms with E-state index in [2.05, 4.69) is 42.3 Å². The summed E-state index contributed by atoms with van der Waals surface area (Å²) in [6, 6.07) is 8.11. The van der Waals surface area contributed by atoms with Crippen molar-refractivity contribution in [3.63, 3.8) is 0 Å². The number of amides is 1. The van der Waals surface area contributed by atoms with Gasteiger partial charge in [-0.15, -0.1) is 0 Å². The molecule has 1 amide bonds. The summed E-state index contributed by atoms with van der Waals surface area (Å²) in [6.07, 6.45) is 4.45. The molecule has 0 atom stereocenters. The van der Waals surface area contributed by atoms with Crippen LogP contribution in [0, 0.1) is 5.41 Å². The first kappa shape index (κ1) is 17.4. The molecule has 0 radical (unpaired) electrons. The molecule has 1 aromatic heterocycles. The smallest absolute Gasteiger partial charge is 0.273 e. The predicted octanol–water partition coefficient (Wildman–Crippen LogP) is 3.40. The lowest BCUT2D eigenvalue weighted by Crippen LogP contribution is -2.22. The molecule has 1 aromatic carbocycles. The van der Waals surface area contributed by atoms with Gasteiger partial charge in [-0.05, 0) is 31.4 Å². The summed E-state index contributed by atoms with van der Waals surface area (Å²) < 4.78 is 0. The Labute approximate surface area is 147 Å². The Bertz CT molecular complexity index is 853. The molecule has 0 aliphatic carbocycles. The van der Waals surface area contributed by atoms with Crippen LogP contribution in [0.15, 0.2) is 34.9 Å². The van der Waals surface area contributed by atoms with Crippen molar-refractivity contribution in [2.75, 3.05) is 6.61 Å². The first-order chi connectivity index (χ1) is 11.9. The van der Waals surface area contributed by atoms with E-state index in [0.29, 0.717) is 5.57 Å². The van der Waals surface area contributed by atoms with Crippen molar-refractivity contribution in [1.29, 1.82) is 0 Å². The molecule has 1 aliphatic heterocycles. The highest BCUT2D eigenvalue weighted by Crippen LogP contribution is 2.30. The van der Waals surface area contributed by atoms with Gasteiger partial charge < -0.3 is 10.1 Å². The number of hydrogen-bond donors (Lipinski definition) is 3. The van der Waals surface area contributed by atoms with Crippen LogP contribution in [0.5, 0.6) is 0 Å². The maximum Gasteiger partial charge on any atom is 0.273 e. The molecule has 2 heterocycles. The van der Waals surface area contributed by atoms with Crippen LogP contribution in [0.25, 0.3) is 17.0 Å². The summed E-state index contributed by atoms with van der Waals surface area (Å²) in [5, 5.41) is 14.4. The normalized spacial score (nSPS) is 16.6. The average Bonchev–Trinajstić information content (AvgIpc) is 3.10. The van der Waals surface area contributed by atoms with Crippen molar-refractivity contribution >= 4 is 28.6 Å². The number of para-hydroxylation sites is 1. The number of rotatable bonds is 5. The maximum atomic E-state index is 12.3. The molecule has 0 bridgehead atoms. The quantitative estimate of drug-likeness (QED) is 0.577. The Morgan fingerprint density at radius 2 is 1.96 bits per heavy atom. The first-order valence-electron chi connectivity index (χ1n) is 8.73. The van der Waals surface area contributed by atoms with Crippen LogP contribution in [0.1, 0.15) is 44.9 Å². The minimum atomic E-state index is -0.214. The highest BCUT2D eigenvalue weighted by atomic mass is 16.2. The molecule has 5 nitrogen and oxygen atoms in total. The average molecular weight is 339 g/mol. The van der Waals surface area contributed by atoms with E-state index in [1.54, 1.807) is 0 Å². The number of aliphatic hydroxyl groups excluding tert-OH is 1. The predicted molar refractivity (Wildman–Crippen MR) is 101 cm³/mol. The van der Waals surface area contributed by atoms with Crippen LogP contribution in [-0.4, -0.2) is 28.3 Å². The third-order valence-corrected chi connectivity index (χ3v) is 4.43. The van der Waals surface area contributed by atoms with E-state index in [-0.39, 0.29) is 17.9 Å². The van der Waals surface area contributed by atoms with Gasteiger partial charge in [0.05, 0.1) is 11.3 Å². The van der Waals surface area contributed by atoms with E-state index in [1.807, 2.05) is 24.3 Å². The lowest BCUT2D eigenvalue weighted by Gasteiger charge is -2.18. The Morgan fingerprint density at radius 3 is 2.68 bits per heavy atom. The van der Waals surface area contributed by atoms with Crippen molar-refractivity contribution in [3.05, 3.63) is 41.1 Å². The third kappa shape index (κ3) is 3.51. The number of nitrogens with one attached hydrogen (secondary N) is 2. The van der Waals surface area contributed by atoms with Crippen molar-refractivity contribution in [3.8, 4) is 0 Å². The standard InChI is InChI=1S/C20H25N3O2/c1-20(2,3)18-15(19(25)23-22-18)12-14-13-8-4-5-9-16(13)21-17(14)10-6-7-11-24/h4-5,8-9,12,21,24H,6-7,10-11H2,1-3H3,(H,23,25). The number of unbranched alkanes of at least 4 members (excludes halogenated alkanes) is 1. The summed E-state index contributed by atoms with van der Waals surface area (Å²) >= 11 is 0. The van der Waals surface area contributed by atoms with Gasteiger partial charge in [0.2, 0.25) is 0 Å². The molecule has 132 valence electrons. The molecule has 3 N–H and O–H groups in total. The molecule has 2 aromatic rings. The van der Waals surface area contributed by atoms with Crippen LogP contribution < -0.4 is 5.43 Å². The molecular weight excluding hydrogens is 314 g/mol. The molecule has 0 unspecified atom stereocenters. The van der Waals surface area contributed by atoms with E-state index in [1.165, 1.54) is 0 Å². The van der Waals surface area contributed by atoms with Gasteiger partial charge in [0.15, 0.2) is 0 Å². The van der Waals surface area contributed by atoms with Crippen LogP contribution >= 0.6 is 0 Å². The van der Waals surface area contributed by atoms with Crippen molar-refractivity contribution in [2.45, 2.75) is 40.0 Å². The molecule has 1 aliphatic rings. The zero-order valence-electron chi connectivity index (χ0n) is 15.0. The Morgan fingerprint density at radius 1 is 1.20 bits per heavy atom. The fourth-order valence-corrected chi connectivity index (χ4v) is 3.18. The Balaban J connectivity index is 2.09. The number of aromatic amines is 1. The van der Waals surface area contributed by atoms with Gasteiger partial charge in [-0.2, -0.15) is 5.10 Å². The number of H-pyrrole nitrogens is 1. The van der Waals surface area contributed by atoms with Crippen LogP contribution in [0.4, 0.5) is 0 Å². The summed E-state index contributed by atoms with van der Waals surface area (Å²) in [4.78, 5) is 15.8. The topological polar surface area (TPSA) is 77.5 Å². The zero-order valence-corrected chi connectivity index (χ0v) is 15.0. The van der Waals surface area contributed by atoms with Gasteiger partial charge in [0, 0.05) is 34.2 Å². The van der Waals surface area contributed by atoms with E-state index in [4.69, 9.17) is 5.11 Å². The van der Waals surface area contributed by atoms with Crippen molar-refractivity contribution < 1.29 is 9.90 Å². The summed E-state index contributed by atoms with van der Waals surface area (Å²) in [5.74, 6) is -0.156. The number of fused-ring (bicyclic) bond motifs is 1. The molecule has 5 heteroatoms. The van der Waals surface area contributed by atoms with Crippen LogP contribution in [0.2, 0.25) is 0 Å². The highest BCUT2D eigenvalue weighted by molar-refractivity contribution is 6.29. The number of nitrogens with zero attached hydrogens (tertiary/aromatic N) is 1. The van der Waals surface area contributed by atoms with Crippen LogP contribution in [-0.2, 0) is 11.2 Å². The molecule has 0 fully saturated rings. The van der Waals surface area contributed by atoms with Gasteiger partial charge in [-0.25, -0.2) is 5.43 Å². The molecule has 0 saturated heterocycles. The van der Waals surface area contributed by atoms with Gasteiger partial charge in [-0.1, -0.05) is 39.0 Å². The number of hydrogen-bond acceptors (Lipinski definition) is 3. The highest BCUT2D eigenvalue weighted by Gasteiger charge is 2.32. The number of aryl methyl sites for hydroxylation is 1. The number of hydrazone groups is 1. The summed E-state index contributed by atoms with van der Waals surface area (Å²) in [5.41, 5.74) is 6.98. The first-order valence-corrected chi connectivity index (χ1v) is 8.73. The monoisotopic (exact) mass is 339 g/mol. The van der Waals surface area contributed by atoms with E-state index < -0.39 is 0 Å². The Kier molecular flexibility index (Phi) is 4.77. The molecule has 0 saturated carbocycles. The maximum absolute atomic E-state index is 12.3. The van der Waals surface area contributed by atoms with Gasteiger partial charge >= 0.3 is 0 Å². The van der Waals surface area contributed by atoms with Gasteiger partial charge in [0.25, 0.3) is 5.91 Å². The van der Waals surface area contributed by atoms with E-state index >= 15 is 0 Å². The van der Waals surface area contributed by atoms with Crippen molar-refractivity contribution in [2.24, 2.45) is 10.5 Å². The molecule has 3 rings (SSSR count). The van der Waals surface area contributed by atoms with Gasteiger partial charge in [0.1, 0.15) is 0 Å². The fourth-order valence-electron chi connectivity index (χ4n) is 3.18. The SMILES string of the molecule is CC(C)(C)C1=NNC(=O)C1=Cc1c(CCCCO)[nH]c2ccccc12. The fraction of sp³-hybridized carbons (Fsp3) is 0.400. The lowest BCUT2D eigenvalue weighted by atomic mass is 9.85. The number of carbonyl (C=O) groups is 1. The number of benzene rings is 1. The second-order valence-corrected chi connectivity index (χ2v) is 7.45. The van der Waals surface area contributed by atoms with Crippen molar-refractivity contribution in [1.82, 2.24) is 10.4 Å². The summed E-state index contributed by atoms with van der Waals surface area (Å²) in [6.45, 7) is 6.35. The Hall–Kier alpha value is -2.40. The number of carbonyl (C=O) groups excluding carboxylic acids is 1. The largest absolute Gasteiger partial charge is 0.396 e. The lowest BCUT2D eigenvalue weighted by molar-refractivity contribution is -0.116. The second-order valence-electron chi connectivity index (χ2n) is 7.45.